The molecule has 3 rings (SSSR count). The monoisotopic (exact) mass is 251 g/mol. The molecular weight excluding hydrogens is 238 g/mol. The van der Waals surface area contributed by atoms with Crippen molar-refractivity contribution in [2.75, 3.05) is 5.32 Å². The highest BCUT2D eigenvalue weighted by Crippen LogP contribution is 2.19. The zero-order valence-electron chi connectivity index (χ0n) is 10.8. The largest absolute Gasteiger partial charge is 0.339 e. The predicted molar refractivity (Wildman–Crippen MR) is 74.3 cm³/mol. The quantitative estimate of drug-likeness (QED) is 0.758. The molecule has 0 radical (unpaired) electrons. The molecule has 0 saturated heterocycles. The molecular formula is C14H13N5. The summed E-state index contributed by atoms with van der Waals surface area (Å²) in [5, 5.41) is 4.28. The van der Waals surface area contributed by atoms with Crippen molar-refractivity contribution in [2.24, 2.45) is 0 Å². The second kappa shape index (κ2) is 4.61. The fourth-order valence-electron chi connectivity index (χ4n) is 1.88. The van der Waals surface area contributed by atoms with Crippen LogP contribution in [-0.4, -0.2) is 19.9 Å². The first-order valence-electron chi connectivity index (χ1n) is 6.00. The van der Waals surface area contributed by atoms with Crippen LogP contribution in [-0.2, 0) is 0 Å². The number of anilines is 2. The number of aryl methyl sites for hydroxylation is 2. The van der Waals surface area contributed by atoms with Crippen molar-refractivity contribution in [3.8, 4) is 0 Å². The highest BCUT2D eigenvalue weighted by molar-refractivity contribution is 5.81. The Kier molecular flexibility index (Phi) is 2.79. The van der Waals surface area contributed by atoms with Crippen molar-refractivity contribution < 1.29 is 0 Å². The zero-order valence-corrected chi connectivity index (χ0v) is 10.8. The fourth-order valence-corrected chi connectivity index (χ4v) is 1.88. The third kappa shape index (κ3) is 2.49. The number of fused-ring (bicyclic) bond motifs is 1. The molecule has 0 aromatic carbocycles. The second-order valence-electron chi connectivity index (χ2n) is 4.36. The molecule has 3 aromatic rings. The van der Waals surface area contributed by atoms with Gasteiger partial charge < -0.3 is 5.32 Å². The maximum atomic E-state index is 4.37. The third-order valence-electron chi connectivity index (χ3n) is 2.75. The molecule has 5 nitrogen and oxygen atoms in total. The number of hydrogen-bond donors (Lipinski definition) is 1. The summed E-state index contributed by atoms with van der Waals surface area (Å²) in [5.74, 6) is 1.50. The standard InChI is InChI=1S/C14H13N5/c1-9-5-11-6-12(7-17-13(11)8-16-9)19-14-3-4-15-10(2)18-14/h3-8H,1-2H3,(H,15,18,19). The Morgan fingerprint density at radius 2 is 1.89 bits per heavy atom. The average molecular weight is 251 g/mol. The molecule has 0 spiro atoms. The summed E-state index contributed by atoms with van der Waals surface area (Å²) in [6.45, 7) is 3.83. The van der Waals surface area contributed by atoms with E-state index in [1.165, 1.54) is 0 Å². The van der Waals surface area contributed by atoms with E-state index in [2.05, 4.69) is 25.3 Å². The Bertz CT molecular complexity index is 739. The second-order valence-corrected chi connectivity index (χ2v) is 4.36. The minimum atomic E-state index is 0.735. The van der Waals surface area contributed by atoms with Crippen LogP contribution in [0.5, 0.6) is 0 Å². The lowest BCUT2D eigenvalue weighted by atomic mass is 10.2. The van der Waals surface area contributed by atoms with Gasteiger partial charge in [-0.05, 0) is 32.0 Å². The number of nitrogens with one attached hydrogen (secondary N) is 1. The van der Waals surface area contributed by atoms with Crippen molar-refractivity contribution in [3.63, 3.8) is 0 Å². The van der Waals surface area contributed by atoms with E-state index in [1.807, 2.05) is 32.0 Å². The highest BCUT2D eigenvalue weighted by Gasteiger charge is 2.01. The van der Waals surface area contributed by atoms with Crippen LogP contribution in [0.1, 0.15) is 11.5 Å². The van der Waals surface area contributed by atoms with Gasteiger partial charge in [0.15, 0.2) is 0 Å². The van der Waals surface area contributed by atoms with Gasteiger partial charge in [-0.15, -0.1) is 0 Å². The predicted octanol–water partition coefficient (Wildman–Crippen LogP) is 2.78. The average Bonchev–Trinajstić information content (AvgIpc) is 2.38. The fraction of sp³-hybridized carbons (Fsp3) is 0.143. The van der Waals surface area contributed by atoms with Crippen LogP contribution < -0.4 is 5.32 Å². The van der Waals surface area contributed by atoms with Gasteiger partial charge >= 0.3 is 0 Å². The lowest BCUT2D eigenvalue weighted by molar-refractivity contribution is 1.06. The SMILES string of the molecule is Cc1cc2cc(Nc3ccnc(C)n3)cnc2cn1. The van der Waals surface area contributed by atoms with E-state index in [-0.39, 0.29) is 0 Å². The molecule has 19 heavy (non-hydrogen) atoms. The zero-order chi connectivity index (χ0) is 13.2. The molecule has 5 heteroatoms. The molecule has 0 aliphatic carbocycles. The van der Waals surface area contributed by atoms with Crippen molar-refractivity contribution in [1.82, 2.24) is 19.9 Å². The topological polar surface area (TPSA) is 63.6 Å². The van der Waals surface area contributed by atoms with E-state index in [0.717, 1.165) is 33.9 Å². The first-order valence-corrected chi connectivity index (χ1v) is 6.00. The molecule has 1 N–H and O–H groups in total. The van der Waals surface area contributed by atoms with Crippen LogP contribution in [0.15, 0.2) is 36.8 Å². The van der Waals surface area contributed by atoms with Gasteiger partial charge in [0.1, 0.15) is 11.6 Å². The summed E-state index contributed by atoms with van der Waals surface area (Å²) >= 11 is 0. The van der Waals surface area contributed by atoms with Crippen molar-refractivity contribution >= 4 is 22.4 Å². The Morgan fingerprint density at radius 3 is 2.74 bits per heavy atom. The van der Waals surface area contributed by atoms with Gasteiger partial charge in [-0.25, -0.2) is 9.97 Å². The molecule has 0 saturated carbocycles. The molecule has 94 valence electrons. The molecule has 0 amide bonds. The van der Waals surface area contributed by atoms with E-state index in [0.29, 0.717) is 0 Å². The lowest BCUT2D eigenvalue weighted by Crippen LogP contribution is -1.97. The normalized spacial score (nSPS) is 10.6. The Labute approximate surface area is 110 Å². The molecule has 0 unspecified atom stereocenters. The summed E-state index contributed by atoms with van der Waals surface area (Å²) in [4.78, 5) is 17.0. The van der Waals surface area contributed by atoms with E-state index >= 15 is 0 Å². The Hall–Kier alpha value is -2.56. The summed E-state index contributed by atoms with van der Waals surface area (Å²) in [7, 11) is 0. The van der Waals surface area contributed by atoms with Crippen LogP contribution in [0.3, 0.4) is 0 Å². The minimum absolute atomic E-state index is 0.735. The molecule has 0 fully saturated rings. The number of pyridine rings is 2. The van der Waals surface area contributed by atoms with Crippen LogP contribution >= 0.6 is 0 Å². The smallest absolute Gasteiger partial charge is 0.134 e. The minimum Gasteiger partial charge on any atom is -0.339 e. The number of aromatic nitrogens is 4. The first-order chi connectivity index (χ1) is 9.20. The number of hydrogen-bond acceptors (Lipinski definition) is 5. The molecule has 0 aliphatic rings. The van der Waals surface area contributed by atoms with Crippen LogP contribution in [0.4, 0.5) is 11.5 Å². The molecule has 3 heterocycles. The van der Waals surface area contributed by atoms with Gasteiger partial charge in [0.25, 0.3) is 0 Å². The Morgan fingerprint density at radius 1 is 1.00 bits per heavy atom. The summed E-state index contributed by atoms with van der Waals surface area (Å²) in [5.41, 5.74) is 2.76. The van der Waals surface area contributed by atoms with Crippen LogP contribution in [0.25, 0.3) is 10.9 Å². The van der Waals surface area contributed by atoms with Gasteiger partial charge in [0, 0.05) is 17.3 Å². The van der Waals surface area contributed by atoms with E-state index < -0.39 is 0 Å². The number of rotatable bonds is 2. The van der Waals surface area contributed by atoms with Crippen LogP contribution in [0.2, 0.25) is 0 Å². The van der Waals surface area contributed by atoms with Crippen molar-refractivity contribution in [3.05, 3.63) is 48.3 Å². The van der Waals surface area contributed by atoms with Gasteiger partial charge in [-0.1, -0.05) is 0 Å². The number of nitrogens with zero attached hydrogens (tertiary/aromatic N) is 4. The van der Waals surface area contributed by atoms with Gasteiger partial charge in [-0.2, -0.15) is 0 Å². The first kappa shape index (κ1) is 11.5. The van der Waals surface area contributed by atoms with E-state index in [4.69, 9.17) is 0 Å². The highest BCUT2D eigenvalue weighted by atomic mass is 15.0. The maximum absolute atomic E-state index is 4.37. The lowest BCUT2D eigenvalue weighted by Gasteiger charge is -2.06. The molecule has 3 aromatic heterocycles. The van der Waals surface area contributed by atoms with Gasteiger partial charge in [-0.3, -0.25) is 9.97 Å². The van der Waals surface area contributed by atoms with Crippen LogP contribution in [0, 0.1) is 13.8 Å². The van der Waals surface area contributed by atoms with Gasteiger partial charge in [0.05, 0.1) is 23.6 Å². The molecule has 0 aliphatic heterocycles. The van der Waals surface area contributed by atoms with Crippen molar-refractivity contribution in [1.29, 1.82) is 0 Å². The maximum Gasteiger partial charge on any atom is 0.134 e. The molecule has 0 bridgehead atoms. The Balaban J connectivity index is 1.97. The van der Waals surface area contributed by atoms with Gasteiger partial charge in [0.2, 0.25) is 0 Å². The van der Waals surface area contributed by atoms with E-state index in [9.17, 15) is 0 Å². The summed E-state index contributed by atoms with van der Waals surface area (Å²) in [6.07, 6.45) is 5.29. The van der Waals surface area contributed by atoms with E-state index in [1.54, 1.807) is 18.6 Å². The summed E-state index contributed by atoms with van der Waals surface area (Å²) in [6, 6.07) is 5.88. The van der Waals surface area contributed by atoms with Crippen molar-refractivity contribution in [2.45, 2.75) is 13.8 Å². The third-order valence-corrected chi connectivity index (χ3v) is 2.75. The molecule has 0 atom stereocenters. The summed E-state index contributed by atoms with van der Waals surface area (Å²) < 4.78 is 0.